The van der Waals surface area contributed by atoms with Crippen LogP contribution in [0.25, 0.3) is 16.7 Å². The predicted molar refractivity (Wildman–Crippen MR) is 86.1 cm³/mol. The highest BCUT2D eigenvalue weighted by molar-refractivity contribution is 5.83. The zero-order valence-corrected chi connectivity index (χ0v) is 12.4. The third kappa shape index (κ3) is 2.46. The van der Waals surface area contributed by atoms with Crippen molar-refractivity contribution in [3.8, 4) is 5.82 Å². The molecule has 2 aromatic heterocycles. The van der Waals surface area contributed by atoms with Crippen molar-refractivity contribution in [1.82, 2.24) is 25.1 Å². The van der Waals surface area contributed by atoms with Gasteiger partial charge in [-0.1, -0.05) is 0 Å². The Morgan fingerprint density at radius 1 is 1.17 bits per heavy atom. The van der Waals surface area contributed by atoms with Crippen LogP contribution < -0.4 is 16.0 Å². The molecule has 3 aromatic rings. The fourth-order valence-corrected chi connectivity index (χ4v) is 2.74. The van der Waals surface area contributed by atoms with Gasteiger partial charge in [0.25, 0.3) is 0 Å². The Balaban J connectivity index is 1.80. The Morgan fingerprint density at radius 3 is 2.83 bits per heavy atom. The van der Waals surface area contributed by atoms with E-state index in [-0.39, 0.29) is 5.82 Å². The van der Waals surface area contributed by atoms with E-state index in [0.717, 1.165) is 37.1 Å². The number of fused-ring (bicyclic) bond motifs is 1. The molecule has 1 aromatic carbocycles. The number of nitrogen functional groups attached to an aromatic ring is 1. The molecule has 3 heterocycles. The fraction of sp³-hybridized carbons (Fsp3) is 0.267. The first-order valence-electron chi connectivity index (χ1n) is 7.44. The predicted octanol–water partition coefficient (Wildman–Crippen LogP) is 0.946. The molecule has 118 valence electrons. The van der Waals surface area contributed by atoms with Gasteiger partial charge in [0.1, 0.15) is 0 Å². The van der Waals surface area contributed by atoms with Crippen molar-refractivity contribution < 1.29 is 4.39 Å². The average molecular weight is 313 g/mol. The van der Waals surface area contributed by atoms with Gasteiger partial charge in [-0.3, -0.25) is 0 Å². The van der Waals surface area contributed by atoms with Crippen molar-refractivity contribution in [1.29, 1.82) is 0 Å². The number of hydrogen-bond acceptors (Lipinski definition) is 6. The van der Waals surface area contributed by atoms with E-state index < -0.39 is 5.82 Å². The maximum absolute atomic E-state index is 14.3. The van der Waals surface area contributed by atoms with Crippen LogP contribution in [0.2, 0.25) is 0 Å². The number of benzene rings is 1. The molecule has 0 amide bonds. The number of rotatable bonds is 2. The lowest BCUT2D eigenvalue weighted by Gasteiger charge is -2.27. The molecule has 0 spiro atoms. The number of nitrogens with two attached hydrogens (primary N) is 1. The highest BCUT2D eigenvalue weighted by Crippen LogP contribution is 2.22. The Bertz CT molecular complexity index is 854. The van der Waals surface area contributed by atoms with Gasteiger partial charge in [0.05, 0.1) is 17.9 Å². The van der Waals surface area contributed by atoms with Gasteiger partial charge in [0.2, 0.25) is 5.95 Å². The summed E-state index contributed by atoms with van der Waals surface area (Å²) >= 11 is 0. The minimum Gasteiger partial charge on any atom is -0.399 e. The highest BCUT2D eigenvalue weighted by Gasteiger charge is 2.18. The van der Waals surface area contributed by atoms with Crippen molar-refractivity contribution in [3.05, 3.63) is 36.4 Å². The highest BCUT2D eigenvalue weighted by atomic mass is 19.1. The summed E-state index contributed by atoms with van der Waals surface area (Å²) in [7, 11) is 0. The van der Waals surface area contributed by atoms with E-state index in [9.17, 15) is 4.39 Å². The number of anilines is 2. The van der Waals surface area contributed by atoms with Crippen LogP contribution >= 0.6 is 0 Å². The van der Waals surface area contributed by atoms with Crippen LogP contribution in [0.1, 0.15) is 0 Å². The van der Waals surface area contributed by atoms with Gasteiger partial charge in [-0.2, -0.15) is 10.1 Å². The molecule has 0 atom stereocenters. The zero-order valence-electron chi connectivity index (χ0n) is 12.4. The quantitative estimate of drug-likeness (QED) is 0.685. The standard InChI is InChI=1S/C15H16FN7/c16-12-9-19-15(22-5-3-18-4-6-22)21-14(12)23-13-2-1-11(17)7-10(13)8-20-23/h1-2,7-9,18H,3-6,17H2. The zero-order chi connectivity index (χ0) is 15.8. The molecule has 7 nitrogen and oxygen atoms in total. The fourth-order valence-electron chi connectivity index (χ4n) is 2.74. The van der Waals surface area contributed by atoms with Gasteiger partial charge in [-0.05, 0) is 18.2 Å². The number of nitrogens with zero attached hydrogens (tertiary/aromatic N) is 5. The van der Waals surface area contributed by atoms with Gasteiger partial charge >= 0.3 is 0 Å². The van der Waals surface area contributed by atoms with E-state index in [0.29, 0.717) is 11.6 Å². The smallest absolute Gasteiger partial charge is 0.227 e. The number of nitrogens with one attached hydrogen (secondary N) is 1. The Kier molecular flexibility index (Phi) is 3.30. The molecule has 1 aliphatic heterocycles. The molecule has 1 aliphatic rings. The lowest BCUT2D eigenvalue weighted by Crippen LogP contribution is -2.44. The molecule has 0 unspecified atom stereocenters. The summed E-state index contributed by atoms with van der Waals surface area (Å²) in [6.07, 6.45) is 2.85. The number of aromatic nitrogens is 4. The molecular formula is C15H16FN7. The molecular weight excluding hydrogens is 297 g/mol. The van der Waals surface area contributed by atoms with Gasteiger partial charge in [-0.25, -0.2) is 14.1 Å². The molecule has 0 aliphatic carbocycles. The van der Waals surface area contributed by atoms with Crippen LogP contribution in [0, 0.1) is 5.82 Å². The molecule has 1 fully saturated rings. The Morgan fingerprint density at radius 2 is 2.00 bits per heavy atom. The topological polar surface area (TPSA) is 84.9 Å². The van der Waals surface area contributed by atoms with Crippen molar-refractivity contribution >= 4 is 22.5 Å². The molecule has 0 bridgehead atoms. The van der Waals surface area contributed by atoms with Gasteiger partial charge < -0.3 is 16.0 Å². The first-order valence-corrected chi connectivity index (χ1v) is 7.44. The first kappa shape index (κ1) is 13.9. The summed E-state index contributed by atoms with van der Waals surface area (Å²) in [6, 6.07) is 5.37. The number of hydrogen-bond donors (Lipinski definition) is 2. The van der Waals surface area contributed by atoms with E-state index in [4.69, 9.17) is 5.73 Å². The van der Waals surface area contributed by atoms with Crippen LogP contribution in [0.4, 0.5) is 16.0 Å². The summed E-state index contributed by atoms with van der Waals surface area (Å²) in [6.45, 7) is 3.31. The monoisotopic (exact) mass is 313 g/mol. The van der Waals surface area contributed by atoms with Gasteiger partial charge in [0.15, 0.2) is 11.6 Å². The molecule has 23 heavy (non-hydrogen) atoms. The molecule has 4 rings (SSSR count). The average Bonchev–Trinajstić information content (AvgIpc) is 2.99. The van der Waals surface area contributed by atoms with Crippen LogP contribution in [-0.4, -0.2) is 45.9 Å². The molecule has 3 N–H and O–H groups in total. The van der Waals surface area contributed by atoms with Crippen LogP contribution in [0.5, 0.6) is 0 Å². The van der Waals surface area contributed by atoms with Gasteiger partial charge in [-0.15, -0.1) is 0 Å². The summed E-state index contributed by atoms with van der Waals surface area (Å²) in [5.74, 6) is 0.154. The maximum Gasteiger partial charge on any atom is 0.227 e. The second kappa shape index (κ2) is 5.47. The van der Waals surface area contributed by atoms with Crippen molar-refractivity contribution in [2.24, 2.45) is 0 Å². The third-order valence-electron chi connectivity index (χ3n) is 3.91. The van der Waals surface area contributed by atoms with E-state index in [1.807, 2.05) is 11.0 Å². The minimum atomic E-state index is -0.509. The molecule has 0 radical (unpaired) electrons. The largest absolute Gasteiger partial charge is 0.399 e. The Hall–Kier alpha value is -2.74. The normalized spacial score (nSPS) is 15.3. The summed E-state index contributed by atoms with van der Waals surface area (Å²) < 4.78 is 15.7. The van der Waals surface area contributed by atoms with Crippen LogP contribution in [0.15, 0.2) is 30.6 Å². The summed E-state index contributed by atoms with van der Waals surface area (Å²) in [5, 5.41) is 8.36. The summed E-state index contributed by atoms with van der Waals surface area (Å²) in [5.41, 5.74) is 7.17. The van der Waals surface area contributed by atoms with Crippen molar-refractivity contribution in [3.63, 3.8) is 0 Å². The molecule has 0 saturated carbocycles. The van der Waals surface area contributed by atoms with Gasteiger partial charge in [0, 0.05) is 37.3 Å². The van der Waals surface area contributed by atoms with Crippen molar-refractivity contribution in [2.45, 2.75) is 0 Å². The SMILES string of the molecule is Nc1ccc2c(cnn2-c2nc(N3CCNCC3)ncc2F)c1. The lowest BCUT2D eigenvalue weighted by molar-refractivity contribution is 0.566. The van der Waals surface area contributed by atoms with E-state index in [1.165, 1.54) is 10.9 Å². The molecule has 1 saturated heterocycles. The van der Waals surface area contributed by atoms with Crippen molar-refractivity contribution in [2.75, 3.05) is 36.8 Å². The lowest BCUT2D eigenvalue weighted by atomic mass is 10.2. The third-order valence-corrected chi connectivity index (χ3v) is 3.91. The number of piperazine rings is 1. The second-order valence-corrected chi connectivity index (χ2v) is 5.45. The summed E-state index contributed by atoms with van der Waals surface area (Å²) in [4.78, 5) is 10.5. The van der Waals surface area contributed by atoms with E-state index in [1.54, 1.807) is 18.3 Å². The Labute approximate surface area is 131 Å². The minimum absolute atomic E-state index is 0.147. The molecule has 8 heteroatoms. The van der Waals surface area contributed by atoms with Crippen LogP contribution in [-0.2, 0) is 0 Å². The van der Waals surface area contributed by atoms with Crippen LogP contribution in [0.3, 0.4) is 0 Å². The first-order chi connectivity index (χ1) is 11.2. The maximum atomic E-state index is 14.3. The van der Waals surface area contributed by atoms with E-state index >= 15 is 0 Å². The van der Waals surface area contributed by atoms with E-state index in [2.05, 4.69) is 20.4 Å². The second-order valence-electron chi connectivity index (χ2n) is 5.45. The number of halogens is 1.